The second-order valence-electron chi connectivity index (χ2n) is 2.85. The van der Waals surface area contributed by atoms with E-state index in [0.29, 0.717) is 18.5 Å². The fourth-order valence-electron chi connectivity index (χ4n) is 0.922. The van der Waals surface area contributed by atoms with E-state index in [4.69, 9.17) is 4.74 Å². The van der Waals surface area contributed by atoms with Gasteiger partial charge in [-0.25, -0.2) is 0 Å². The molecule has 0 bridgehead atoms. The number of hydrogen-bond acceptors (Lipinski definition) is 2. The van der Waals surface area contributed by atoms with Crippen molar-refractivity contribution in [3.8, 4) is 0 Å². The van der Waals surface area contributed by atoms with Crippen molar-refractivity contribution < 1.29 is 4.74 Å². The summed E-state index contributed by atoms with van der Waals surface area (Å²) < 4.78 is 5.40. The summed E-state index contributed by atoms with van der Waals surface area (Å²) in [5, 5.41) is 0.314. The van der Waals surface area contributed by atoms with Gasteiger partial charge in [-0.2, -0.15) is 12.6 Å². The van der Waals surface area contributed by atoms with E-state index in [1.54, 1.807) is 0 Å². The molecule has 2 heteroatoms. The number of rotatable bonds is 4. The van der Waals surface area contributed by atoms with Crippen LogP contribution in [0.4, 0.5) is 0 Å². The van der Waals surface area contributed by atoms with E-state index in [9.17, 15) is 0 Å². The smallest absolute Gasteiger partial charge is 0.0717 e. The lowest BCUT2D eigenvalue weighted by Crippen LogP contribution is -2.04. The third kappa shape index (κ3) is 3.79. The molecule has 0 fully saturated rings. The zero-order chi connectivity index (χ0) is 8.81. The molecule has 0 aromatic heterocycles. The molecular formula is C10H14OS. The quantitative estimate of drug-likeness (QED) is 0.704. The predicted molar refractivity (Wildman–Crippen MR) is 54.5 cm³/mol. The summed E-state index contributed by atoms with van der Waals surface area (Å²) in [5.41, 5.74) is 1.21. The summed E-state index contributed by atoms with van der Waals surface area (Å²) in [7, 11) is 0. The van der Waals surface area contributed by atoms with Gasteiger partial charge in [0.25, 0.3) is 0 Å². The van der Waals surface area contributed by atoms with Gasteiger partial charge in [0.1, 0.15) is 0 Å². The SMILES string of the molecule is C[C@@H](S)COCc1ccccc1. The molecule has 12 heavy (non-hydrogen) atoms. The van der Waals surface area contributed by atoms with Gasteiger partial charge in [-0.1, -0.05) is 37.3 Å². The molecule has 66 valence electrons. The van der Waals surface area contributed by atoms with Gasteiger partial charge < -0.3 is 4.74 Å². The molecule has 0 aliphatic rings. The first-order valence-electron chi connectivity index (χ1n) is 4.09. The lowest BCUT2D eigenvalue weighted by Gasteiger charge is -2.05. The topological polar surface area (TPSA) is 9.23 Å². The standard InChI is InChI=1S/C10H14OS/c1-9(12)7-11-8-10-5-3-2-4-6-10/h2-6,9,12H,7-8H2,1H3/t9-/m1/s1. The summed E-state index contributed by atoms with van der Waals surface area (Å²) in [5.74, 6) is 0. The van der Waals surface area contributed by atoms with Gasteiger partial charge in [-0.05, 0) is 5.56 Å². The van der Waals surface area contributed by atoms with Crippen LogP contribution in [-0.4, -0.2) is 11.9 Å². The van der Waals surface area contributed by atoms with Crippen LogP contribution in [0.2, 0.25) is 0 Å². The molecule has 0 aliphatic carbocycles. The van der Waals surface area contributed by atoms with Crippen molar-refractivity contribution in [3.05, 3.63) is 35.9 Å². The van der Waals surface area contributed by atoms with E-state index in [2.05, 4.69) is 24.8 Å². The highest BCUT2D eigenvalue weighted by Crippen LogP contribution is 2.02. The first-order valence-corrected chi connectivity index (χ1v) is 4.60. The maximum Gasteiger partial charge on any atom is 0.0717 e. The van der Waals surface area contributed by atoms with Crippen molar-refractivity contribution in [2.24, 2.45) is 0 Å². The number of ether oxygens (including phenoxy) is 1. The van der Waals surface area contributed by atoms with Crippen LogP contribution < -0.4 is 0 Å². The summed E-state index contributed by atoms with van der Waals surface area (Å²) in [6.07, 6.45) is 0. The highest BCUT2D eigenvalue weighted by molar-refractivity contribution is 7.80. The number of hydrogen-bond donors (Lipinski definition) is 1. The van der Waals surface area contributed by atoms with Crippen LogP contribution in [0.25, 0.3) is 0 Å². The second-order valence-corrected chi connectivity index (χ2v) is 3.73. The van der Waals surface area contributed by atoms with Gasteiger partial charge in [-0.3, -0.25) is 0 Å². The predicted octanol–water partition coefficient (Wildman–Crippen LogP) is 2.52. The van der Waals surface area contributed by atoms with Crippen molar-refractivity contribution in [1.29, 1.82) is 0 Å². The van der Waals surface area contributed by atoms with Crippen LogP contribution in [0.1, 0.15) is 12.5 Å². The first kappa shape index (κ1) is 9.62. The van der Waals surface area contributed by atoms with Gasteiger partial charge in [0.2, 0.25) is 0 Å². The van der Waals surface area contributed by atoms with Crippen molar-refractivity contribution in [1.82, 2.24) is 0 Å². The first-order chi connectivity index (χ1) is 5.79. The molecule has 0 heterocycles. The molecule has 1 rings (SSSR count). The normalized spacial score (nSPS) is 12.8. The zero-order valence-electron chi connectivity index (χ0n) is 7.23. The third-order valence-corrected chi connectivity index (χ3v) is 1.62. The van der Waals surface area contributed by atoms with E-state index >= 15 is 0 Å². The minimum Gasteiger partial charge on any atom is -0.376 e. The monoisotopic (exact) mass is 182 g/mol. The van der Waals surface area contributed by atoms with E-state index in [1.807, 2.05) is 25.1 Å². The van der Waals surface area contributed by atoms with Crippen molar-refractivity contribution >= 4 is 12.6 Å². The van der Waals surface area contributed by atoms with Gasteiger partial charge >= 0.3 is 0 Å². The molecule has 1 nitrogen and oxygen atoms in total. The van der Waals surface area contributed by atoms with Crippen molar-refractivity contribution in [3.63, 3.8) is 0 Å². The van der Waals surface area contributed by atoms with E-state index < -0.39 is 0 Å². The highest BCUT2D eigenvalue weighted by atomic mass is 32.1. The van der Waals surface area contributed by atoms with E-state index in [0.717, 1.165) is 0 Å². The Kier molecular flexibility index (Phi) is 4.19. The highest BCUT2D eigenvalue weighted by Gasteiger charge is 1.94. The number of benzene rings is 1. The Hall–Kier alpha value is -0.470. The Labute approximate surface area is 79.2 Å². The lowest BCUT2D eigenvalue weighted by molar-refractivity contribution is 0.125. The summed E-state index contributed by atoms with van der Waals surface area (Å²) in [6.45, 7) is 3.41. The molecule has 0 N–H and O–H groups in total. The molecule has 0 saturated heterocycles. The van der Waals surface area contributed by atoms with Gasteiger partial charge in [0.15, 0.2) is 0 Å². The Balaban J connectivity index is 2.25. The van der Waals surface area contributed by atoms with Crippen LogP contribution in [0.3, 0.4) is 0 Å². The summed E-state index contributed by atoms with van der Waals surface area (Å²) in [6, 6.07) is 10.2. The Bertz CT molecular complexity index is 208. The summed E-state index contributed by atoms with van der Waals surface area (Å²) >= 11 is 4.22. The van der Waals surface area contributed by atoms with Crippen LogP contribution in [0.15, 0.2) is 30.3 Å². The minimum absolute atomic E-state index is 0.314. The lowest BCUT2D eigenvalue weighted by atomic mass is 10.2. The summed E-state index contributed by atoms with van der Waals surface area (Å²) in [4.78, 5) is 0. The van der Waals surface area contributed by atoms with Gasteiger partial charge in [0.05, 0.1) is 13.2 Å². The van der Waals surface area contributed by atoms with Crippen molar-refractivity contribution in [2.45, 2.75) is 18.8 Å². The maximum absolute atomic E-state index is 5.40. The average molecular weight is 182 g/mol. The van der Waals surface area contributed by atoms with E-state index in [-0.39, 0.29) is 0 Å². The Morgan fingerprint density at radius 1 is 1.33 bits per heavy atom. The van der Waals surface area contributed by atoms with Crippen LogP contribution in [-0.2, 0) is 11.3 Å². The minimum atomic E-state index is 0.314. The molecule has 0 amide bonds. The molecule has 0 saturated carbocycles. The maximum atomic E-state index is 5.40. The van der Waals surface area contributed by atoms with Gasteiger partial charge in [-0.15, -0.1) is 0 Å². The fraction of sp³-hybridized carbons (Fsp3) is 0.400. The molecule has 0 unspecified atom stereocenters. The van der Waals surface area contributed by atoms with Crippen LogP contribution in [0, 0.1) is 0 Å². The van der Waals surface area contributed by atoms with Crippen LogP contribution >= 0.6 is 12.6 Å². The Morgan fingerprint density at radius 2 is 2.00 bits per heavy atom. The fourth-order valence-corrected chi connectivity index (χ4v) is 1.03. The molecule has 0 aliphatic heterocycles. The molecular weight excluding hydrogens is 168 g/mol. The molecule has 1 atom stereocenters. The molecule has 0 spiro atoms. The van der Waals surface area contributed by atoms with Crippen LogP contribution in [0.5, 0.6) is 0 Å². The zero-order valence-corrected chi connectivity index (χ0v) is 8.13. The molecule has 0 radical (unpaired) electrons. The molecule has 1 aromatic rings. The molecule has 1 aromatic carbocycles. The van der Waals surface area contributed by atoms with Crippen molar-refractivity contribution in [2.75, 3.05) is 6.61 Å². The Morgan fingerprint density at radius 3 is 2.58 bits per heavy atom. The van der Waals surface area contributed by atoms with E-state index in [1.165, 1.54) is 5.56 Å². The average Bonchev–Trinajstić information content (AvgIpc) is 2.05. The number of thiol groups is 1. The second kappa shape index (κ2) is 5.22. The van der Waals surface area contributed by atoms with Gasteiger partial charge in [0, 0.05) is 5.25 Å². The largest absolute Gasteiger partial charge is 0.376 e. The third-order valence-electron chi connectivity index (χ3n) is 1.47.